The average Bonchev–Trinajstić information content (AvgIpc) is 1.63. The first-order valence-electron chi connectivity index (χ1n) is 44.9. The highest BCUT2D eigenvalue weighted by Gasteiger charge is 2.35. The molecule has 4 aliphatic carbocycles. The first-order valence-corrected chi connectivity index (χ1v) is 44.9. The van der Waals surface area contributed by atoms with Crippen molar-refractivity contribution in [3.05, 3.63) is 207 Å². The highest BCUT2D eigenvalue weighted by atomic mass is 19.2. The Bertz CT molecular complexity index is 6700. The van der Waals surface area contributed by atoms with Crippen molar-refractivity contribution < 1.29 is 78.1 Å². The molecule has 0 spiro atoms. The molecule has 5 aliphatic rings. The number of hydrogen-bond donors (Lipinski definition) is 9. The number of H-pyrrole nitrogens is 4. The van der Waals surface area contributed by atoms with E-state index in [9.17, 15) is 46.2 Å². The molecule has 4 amide bonds. The fourth-order valence-electron chi connectivity index (χ4n) is 17.1. The van der Waals surface area contributed by atoms with Crippen molar-refractivity contribution in [1.82, 2.24) is 135 Å². The summed E-state index contributed by atoms with van der Waals surface area (Å²) < 4.78 is 115. The van der Waals surface area contributed by atoms with E-state index in [0.717, 1.165) is 141 Å². The van der Waals surface area contributed by atoms with Gasteiger partial charge in [-0.15, -0.1) is 0 Å². The first kappa shape index (κ1) is 92.7. The lowest BCUT2D eigenvalue weighted by Gasteiger charge is -2.38. The van der Waals surface area contributed by atoms with Crippen molar-refractivity contribution in [1.29, 1.82) is 0 Å². The van der Waals surface area contributed by atoms with E-state index in [1.165, 1.54) is 37.4 Å². The number of carbonyl (C=O) groups is 4. The van der Waals surface area contributed by atoms with Gasteiger partial charge < -0.3 is 58.3 Å². The quantitative estimate of drug-likeness (QED) is 0.0189. The van der Waals surface area contributed by atoms with Crippen LogP contribution in [0.3, 0.4) is 0 Å². The van der Waals surface area contributed by atoms with Crippen molar-refractivity contribution >= 4 is 46.4 Å². The molecule has 4 saturated carbocycles. The monoisotopic (exact) mass is 1890 g/mol. The Morgan fingerprint density at radius 2 is 0.761 bits per heavy atom. The average molecular weight is 1890 g/mol. The Morgan fingerprint density at radius 3 is 1.12 bits per heavy atom. The van der Waals surface area contributed by atoms with Crippen LogP contribution in [0.1, 0.15) is 183 Å². The number of aliphatic hydroxyl groups is 1. The molecular weight excluding hydrogens is 1800 g/mol. The number of aromatic amines is 4. The Labute approximate surface area is 779 Å². The number of oxazole rings is 4. The molecule has 21 rings (SSSR count). The zero-order chi connectivity index (χ0) is 95.1. The normalized spacial score (nSPS) is 18.9. The summed E-state index contributed by atoms with van der Waals surface area (Å²) in [5, 5.41) is 65.5. The SMILES string of the molecule is CCOC1CCC(n2cc(NC(=O)c3coc(-c4cn[nH]c4)n3)c(-c3cc(F)cc(F)n3)n2)CC1.CCOC1CCC(n2cc(NC(=O)c3coc(-c4cn[nH]c4)n3)c(-c3nc(F)c(F)cc3F)n2)CC1.O=C(Nc1cn(C2CCC(N3CCOCC3)CC2)nc1-c1cnccn1)c1coc(-c2cn[nH]c2)n1.O=C(Nc1cn(C2CCC(O)CC2)nc1-c1cnccn1)c1coc(-c2cn[nH]c2)n1. The number of carbonyl (C=O) groups excluding carboxylic acids is 4. The van der Waals surface area contributed by atoms with Crippen LogP contribution >= 0.6 is 0 Å². The molecule has 16 aromatic rings. The smallest absolute Gasteiger partial charge is 0.277 e. The summed E-state index contributed by atoms with van der Waals surface area (Å²) in [6.07, 6.45) is 48.0. The third-order valence-electron chi connectivity index (χ3n) is 24.1. The van der Waals surface area contributed by atoms with Gasteiger partial charge in [0.1, 0.15) is 70.7 Å². The largest absolute Gasteiger partial charge is 0.444 e. The van der Waals surface area contributed by atoms with Gasteiger partial charge in [0.2, 0.25) is 35.5 Å². The fourth-order valence-corrected chi connectivity index (χ4v) is 17.1. The molecule has 714 valence electrons. The summed E-state index contributed by atoms with van der Waals surface area (Å²) in [4.78, 5) is 95.4. The van der Waals surface area contributed by atoms with E-state index in [1.807, 2.05) is 29.4 Å². The molecule has 0 aromatic carbocycles. The van der Waals surface area contributed by atoms with E-state index in [0.29, 0.717) is 99.6 Å². The Morgan fingerprint density at radius 1 is 0.406 bits per heavy atom. The van der Waals surface area contributed by atoms with Crippen molar-refractivity contribution in [2.45, 2.75) is 165 Å². The molecule has 138 heavy (non-hydrogen) atoms. The highest BCUT2D eigenvalue weighted by molar-refractivity contribution is 6.07. The van der Waals surface area contributed by atoms with E-state index in [-0.39, 0.29) is 105 Å². The number of pyridine rings is 2. The lowest BCUT2D eigenvalue weighted by molar-refractivity contribution is 0.00507. The molecule has 5 fully saturated rings. The van der Waals surface area contributed by atoms with E-state index >= 15 is 0 Å². The Kier molecular flexibility index (Phi) is 28.8. The maximum Gasteiger partial charge on any atom is 0.277 e. The van der Waals surface area contributed by atoms with E-state index in [1.54, 1.807) is 96.1 Å². The van der Waals surface area contributed by atoms with Crippen molar-refractivity contribution in [3.8, 4) is 91.4 Å². The molecule has 43 nitrogen and oxygen atoms in total. The van der Waals surface area contributed by atoms with Crippen LogP contribution in [0.2, 0.25) is 0 Å². The van der Waals surface area contributed by atoms with Gasteiger partial charge in [-0.25, -0.2) is 43.1 Å². The molecular formula is C90H92F5N31O12. The van der Waals surface area contributed by atoms with Gasteiger partial charge >= 0.3 is 0 Å². The van der Waals surface area contributed by atoms with Crippen LogP contribution in [-0.4, -0.2) is 227 Å². The predicted molar refractivity (Wildman–Crippen MR) is 478 cm³/mol. The van der Waals surface area contributed by atoms with Gasteiger partial charge in [0.25, 0.3) is 23.6 Å². The summed E-state index contributed by atoms with van der Waals surface area (Å²) >= 11 is 0. The second kappa shape index (κ2) is 42.9. The minimum Gasteiger partial charge on any atom is -0.444 e. The van der Waals surface area contributed by atoms with Crippen molar-refractivity contribution in [2.75, 3.05) is 60.8 Å². The fraction of sp³-hybridized carbons (Fsp3) is 0.356. The van der Waals surface area contributed by atoms with Crippen LogP contribution in [-0.2, 0) is 14.2 Å². The van der Waals surface area contributed by atoms with Gasteiger partial charge in [0.15, 0.2) is 34.4 Å². The lowest BCUT2D eigenvalue weighted by atomic mass is 9.90. The number of nitrogens with zero attached hydrogens (tertiary/aromatic N) is 23. The lowest BCUT2D eigenvalue weighted by Crippen LogP contribution is -2.45. The molecule has 48 heteroatoms. The first-order chi connectivity index (χ1) is 67.3. The molecule has 17 heterocycles. The number of nitrogens with one attached hydrogen (secondary N) is 8. The Hall–Kier alpha value is -15.7. The Balaban J connectivity index is 0.000000122. The number of morpholine rings is 1. The highest BCUT2D eigenvalue weighted by Crippen LogP contribution is 2.41. The molecule has 0 bridgehead atoms. The molecule has 1 aliphatic heterocycles. The second-order valence-corrected chi connectivity index (χ2v) is 33.0. The molecule has 0 radical (unpaired) electrons. The zero-order valence-corrected chi connectivity index (χ0v) is 74.2. The topological polar surface area (TPSA) is 535 Å². The van der Waals surface area contributed by atoms with Gasteiger partial charge in [-0.3, -0.25) is 83.1 Å². The van der Waals surface area contributed by atoms with Crippen LogP contribution in [0.25, 0.3) is 91.4 Å². The number of aromatic nitrogens is 26. The van der Waals surface area contributed by atoms with Gasteiger partial charge in [0, 0.05) is 125 Å². The van der Waals surface area contributed by atoms with Crippen LogP contribution in [0.4, 0.5) is 44.7 Å². The number of rotatable bonds is 25. The number of anilines is 4. The van der Waals surface area contributed by atoms with Gasteiger partial charge in [-0.1, -0.05) is 0 Å². The third kappa shape index (κ3) is 22.1. The van der Waals surface area contributed by atoms with Crippen LogP contribution < -0.4 is 21.3 Å². The number of halogens is 5. The van der Waals surface area contributed by atoms with E-state index < -0.39 is 58.7 Å². The number of hydrogen-bond acceptors (Lipinski definition) is 31. The zero-order valence-electron chi connectivity index (χ0n) is 74.2. The van der Waals surface area contributed by atoms with Gasteiger partial charge in [0.05, 0.1) is 144 Å². The van der Waals surface area contributed by atoms with E-state index in [4.69, 9.17) is 37.0 Å². The molecule has 1 saturated heterocycles. The molecule has 16 aromatic heterocycles. The van der Waals surface area contributed by atoms with E-state index in [2.05, 4.69) is 132 Å². The molecule has 0 unspecified atom stereocenters. The minimum atomic E-state index is -1.48. The summed E-state index contributed by atoms with van der Waals surface area (Å²) in [5.74, 6) is -6.85. The summed E-state index contributed by atoms with van der Waals surface area (Å²) in [5.41, 5.74) is 5.78. The number of ether oxygens (including phenoxy) is 3. The number of amides is 4. The molecule has 0 atom stereocenters. The predicted octanol–water partition coefficient (Wildman–Crippen LogP) is 14.1. The number of aliphatic hydroxyl groups excluding tert-OH is 1. The third-order valence-corrected chi connectivity index (χ3v) is 24.1. The van der Waals surface area contributed by atoms with Crippen LogP contribution in [0.5, 0.6) is 0 Å². The maximum atomic E-state index is 14.6. The maximum absolute atomic E-state index is 14.6. The standard InChI is InChI=1S/C24H27N9O3.C23H22F3N7O3.C23H23F2N7O3.C20H20N8O3/c34-23(21-15-36-24(30-21)16-11-27-28-12-16)29-20-14-33(31-22(20)19-13-25-5-6-26-19)18-3-1-17(2-4-18)32-7-9-35-10-8-32;1-2-35-14-5-3-13(4-6-14)33-10-17(20(32-33)19-15(24)7-16(25)21(26)31-19)29-22(34)18-11-36-23(30-18)12-8-27-28-9-12;1-2-34-16-5-3-15(4-6-16)32-11-18(21(31-32)17-7-14(24)8-20(25)28-17)29-22(33)19-12-35-23(30-19)13-9-26-27-10-13;29-14-3-1-13(2-4-14)28-10-16(18(27-28)15-9-21-5-6-22-15)25-19(30)17-11-31-20(26-17)12-7-23-24-8-12/h5-6,11-15,17-18H,1-4,7-10H2,(H,27,28)(H,29,34);7-11,13-14H,2-6H2,1H3,(H,27,28)(H,29,34);7-12,15-16H,2-6H2,1H3,(H,26,27)(H,29,33);5-11,13-14,29H,1-4H2,(H,23,24)(H,25,30). The molecule has 9 N–H and O–H groups in total. The van der Waals surface area contributed by atoms with Gasteiger partial charge in [-0.05, 0) is 117 Å². The minimum absolute atomic E-state index is 0.0236. The van der Waals surface area contributed by atoms with Gasteiger partial charge in [-0.2, -0.15) is 49.6 Å². The summed E-state index contributed by atoms with van der Waals surface area (Å²) in [6.45, 7) is 8.86. The van der Waals surface area contributed by atoms with Crippen LogP contribution in [0, 0.1) is 29.3 Å². The summed E-state index contributed by atoms with van der Waals surface area (Å²) in [7, 11) is 0. The summed E-state index contributed by atoms with van der Waals surface area (Å²) in [6, 6.07) is 3.13. The van der Waals surface area contributed by atoms with Crippen molar-refractivity contribution in [2.24, 2.45) is 0 Å². The van der Waals surface area contributed by atoms with Crippen LogP contribution in [0.15, 0.2) is 172 Å². The van der Waals surface area contributed by atoms with Crippen molar-refractivity contribution in [3.63, 3.8) is 0 Å². The second-order valence-electron chi connectivity index (χ2n) is 33.0.